The minimum absolute atomic E-state index is 0.0814. The fourth-order valence-corrected chi connectivity index (χ4v) is 2.73. The van der Waals surface area contributed by atoms with Crippen molar-refractivity contribution in [1.82, 2.24) is 0 Å². The fraction of sp³-hybridized carbons (Fsp3) is 0.286. The van der Waals surface area contributed by atoms with Crippen molar-refractivity contribution in [1.29, 1.82) is 0 Å². The molecule has 0 saturated heterocycles. The van der Waals surface area contributed by atoms with Gasteiger partial charge in [0.05, 0.1) is 4.90 Å². The molecular formula is C14H15BrO2S. The third-order valence-electron chi connectivity index (χ3n) is 1.94. The molecule has 0 atom stereocenters. The first kappa shape index (κ1) is 15.0. The maximum absolute atomic E-state index is 12.1. The van der Waals surface area contributed by atoms with Crippen LogP contribution in [0.1, 0.15) is 20.8 Å². The summed E-state index contributed by atoms with van der Waals surface area (Å²) in [5.74, 6) is 5.72. The number of halogens is 1. The number of hydrogen-bond donors (Lipinski definition) is 0. The van der Waals surface area contributed by atoms with Gasteiger partial charge in [-0.3, -0.25) is 0 Å². The summed E-state index contributed by atoms with van der Waals surface area (Å²) < 4.78 is 24.3. The van der Waals surface area contributed by atoms with Gasteiger partial charge in [-0.15, -0.1) is 0 Å². The van der Waals surface area contributed by atoms with E-state index in [1.165, 1.54) is 6.08 Å². The molecule has 2 nitrogen and oxygen atoms in total. The van der Waals surface area contributed by atoms with Crippen molar-refractivity contribution < 1.29 is 8.42 Å². The van der Waals surface area contributed by atoms with Gasteiger partial charge in [0.15, 0.2) is 0 Å². The van der Waals surface area contributed by atoms with Gasteiger partial charge in [0.25, 0.3) is 0 Å². The third kappa shape index (κ3) is 4.32. The Kier molecular flexibility index (Phi) is 4.78. The van der Waals surface area contributed by atoms with E-state index in [4.69, 9.17) is 0 Å². The highest BCUT2D eigenvalue weighted by Crippen LogP contribution is 2.23. The van der Waals surface area contributed by atoms with Gasteiger partial charge in [-0.1, -0.05) is 30.0 Å². The van der Waals surface area contributed by atoms with E-state index in [0.717, 1.165) is 0 Å². The number of sulfone groups is 1. The van der Waals surface area contributed by atoms with Gasteiger partial charge in [-0.2, -0.15) is 0 Å². The van der Waals surface area contributed by atoms with Crippen molar-refractivity contribution >= 4 is 25.8 Å². The number of benzene rings is 1. The lowest BCUT2D eigenvalue weighted by Gasteiger charge is -2.06. The van der Waals surface area contributed by atoms with Gasteiger partial charge in [0, 0.05) is 11.5 Å². The summed E-state index contributed by atoms with van der Waals surface area (Å²) in [5.41, 5.74) is -0.152. The summed E-state index contributed by atoms with van der Waals surface area (Å²) in [6, 6.07) is 8.27. The average molecular weight is 327 g/mol. The van der Waals surface area contributed by atoms with Crippen LogP contribution >= 0.6 is 15.9 Å². The molecule has 0 heterocycles. The highest BCUT2D eigenvalue weighted by atomic mass is 79.9. The van der Waals surface area contributed by atoms with Crippen LogP contribution < -0.4 is 0 Å². The Morgan fingerprint density at radius 3 is 2.28 bits per heavy atom. The van der Waals surface area contributed by atoms with Crippen molar-refractivity contribution in [3.63, 3.8) is 0 Å². The van der Waals surface area contributed by atoms with E-state index < -0.39 is 9.84 Å². The molecule has 0 aliphatic rings. The lowest BCUT2D eigenvalue weighted by atomic mass is 9.98. The molecule has 1 aromatic carbocycles. The molecule has 0 aromatic heterocycles. The second-order valence-electron chi connectivity index (χ2n) is 4.78. The number of hydrogen-bond acceptors (Lipinski definition) is 2. The SMILES string of the molecule is CC(C)(C)C#C/C=C(\Br)S(=O)(=O)c1ccccc1. The van der Waals surface area contributed by atoms with E-state index in [2.05, 4.69) is 27.8 Å². The minimum Gasteiger partial charge on any atom is -0.218 e. The summed E-state index contributed by atoms with van der Waals surface area (Å²) in [4.78, 5) is 0.255. The van der Waals surface area contributed by atoms with E-state index >= 15 is 0 Å². The molecule has 1 rings (SSSR count). The quantitative estimate of drug-likeness (QED) is 0.776. The smallest absolute Gasteiger partial charge is 0.213 e. The van der Waals surface area contributed by atoms with Gasteiger partial charge >= 0.3 is 0 Å². The molecule has 1 aromatic rings. The molecule has 0 spiro atoms. The van der Waals surface area contributed by atoms with Crippen LogP contribution in [0.2, 0.25) is 0 Å². The molecule has 0 radical (unpaired) electrons. The maximum Gasteiger partial charge on any atom is 0.213 e. The highest BCUT2D eigenvalue weighted by molar-refractivity contribution is 9.13. The highest BCUT2D eigenvalue weighted by Gasteiger charge is 2.17. The second-order valence-corrected chi connectivity index (χ2v) is 8.08. The van der Waals surface area contributed by atoms with Crippen molar-refractivity contribution in [2.24, 2.45) is 5.41 Å². The van der Waals surface area contributed by atoms with Crippen LogP contribution in [-0.2, 0) is 9.84 Å². The van der Waals surface area contributed by atoms with Gasteiger partial charge < -0.3 is 0 Å². The summed E-state index contributed by atoms with van der Waals surface area (Å²) in [6.45, 7) is 5.90. The van der Waals surface area contributed by atoms with Gasteiger partial charge in [-0.25, -0.2) is 8.42 Å². The van der Waals surface area contributed by atoms with Gasteiger partial charge in [-0.05, 0) is 48.8 Å². The monoisotopic (exact) mass is 326 g/mol. The Morgan fingerprint density at radius 1 is 1.22 bits per heavy atom. The molecule has 0 N–H and O–H groups in total. The molecule has 4 heteroatoms. The van der Waals surface area contributed by atoms with Crippen molar-refractivity contribution in [2.75, 3.05) is 0 Å². The Balaban J connectivity index is 3.07. The summed E-state index contributed by atoms with van der Waals surface area (Å²) in [5, 5.41) is 0. The molecule has 0 amide bonds. The predicted octanol–water partition coefficient (Wildman–Crippen LogP) is 3.75. The van der Waals surface area contributed by atoms with Crippen molar-refractivity contribution in [3.05, 3.63) is 40.2 Å². The van der Waals surface area contributed by atoms with Crippen molar-refractivity contribution in [3.8, 4) is 11.8 Å². The van der Waals surface area contributed by atoms with Crippen LogP contribution in [0.25, 0.3) is 0 Å². The first-order chi connectivity index (χ1) is 8.23. The van der Waals surface area contributed by atoms with E-state index in [1.807, 2.05) is 20.8 Å². The largest absolute Gasteiger partial charge is 0.218 e. The minimum atomic E-state index is -3.48. The summed E-state index contributed by atoms with van der Waals surface area (Å²) in [6.07, 6.45) is 1.38. The van der Waals surface area contributed by atoms with Crippen molar-refractivity contribution in [2.45, 2.75) is 25.7 Å². The molecular weight excluding hydrogens is 312 g/mol. The van der Waals surface area contributed by atoms with Crippen LogP contribution in [0.4, 0.5) is 0 Å². The van der Waals surface area contributed by atoms with E-state index in [-0.39, 0.29) is 14.1 Å². The van der Waals surface area contributed by atoms with Gasteiger partial charge in [0.1, 0.15) is 3.81 Å². The summed E-state index contributed by atoms with van der Waals surface area (Å²) >= 11 is 3.07. The Bertz CT molecular complexity index is 597. The first-order valence-electron chi connectivity index (χ1n) is 5.42. The number of rotatable bonds is 2. The Labute approximate surface area is 117 Å². The molecule has 18 heavy (non-hydrogen) atoms. The number of allylic oxidation sites excluding steroid dienone is 1. The normalized spacial score (nSPS) is 12.8. The van der Waals surface area contributed by atoms with E-state index in [1.54, 1.807) is 30.3 Å². The standard InChI is InChI=1S/C14H15BrO2S/c1-14(2,3)11-7-10-13(15)18(16,17)12-8-5-4-6-9-12/h4-6,8-10H,1-3H3/b13-10+. The lowest BCUT2D eigenvalue weighted by Crippen LogP contribution is -2.01. The third-order valence-corrected chi connectivity index (χ3v) is 4.97. The topological polar surface area (TPSA) is 34.1 Å². The zero-order valence-electron chi connectivity index (χ0n) is 10.6. The lowest BCUT2D eigenvalue weighted by molar-refractivity contribution is 0.571. The molecule has 0 aliphatic heterocycles. The molecule has 0 fully saturated rings. The van der Waals surface area contributed by atoms with Crippen LogP contribution in [0, 0.1) is 17.3 Å². The molecule has 0 saturated carbocycles. The summed E-state index contributed by atoms with van der Waals surface area (Å²) in [7, 11) is -3.48. The molecule has 96 valence electrons. The first-order valence-corrected chi connectivity index (χ1v) is 7.69. The average Bonchev–Trinajstić information content (AvgIpc) is 2.28. The fourth-order valence-electron chi connectivity index (χ4n) is 1.10. The Morgan fingerprint density at radius 2 is 1.78 bits per heavy atom. The zero-order valence-corrected chi connectivity index (χ0v) is 13.0. The second kappa shape index (κ2) is 5.73. The Hall–Kier alpha value is -1.05. The van der Waals surface area contributed by atoms with Crippen LogP contribution in [0.3, 0.4) is 0 Å². The van der Waals surface area contributed by atoms with Crippen LogP contribution in [0.5, 0.6) is 0 Å². The predicted molar refractivity (Wildman–Crippen MR) is 77.9 cm³/mol. The van der Waals surface area contributed by atoms with Gasteiger partial charge in [0.2, 0.25) is 9.84 Å². The van der Waals surface area contributed by atoms with E-state index in [9.17, 15) is 8.42 Å². The van der Waals surface area contributed by atoms with Crippen LogP contribution in [0.15, 0.2) is 45.1 Å². The molecule has 0 aliphatic carbocycles. The molecule has 0 unspecified atom stereocenters. The van der Waals surface area contributed by atoms with Crippen LogP contribution in [-0.4, -0.2) is 8.42 Å². The maximum atomic E-state index is 12.1. The molecule has 0 bridgehead atoms. The van der Waals surface area contributed by atoms with E-state index in [0.29, 0.717) is 0 Å². The zero-order chi connectivity index (χ0) is 13.8.